The highest BCUT2D eigenvalue weighted by Crippen LogP contribution is 2.49. The Labute approximate surface area is 182 Å². The normalized spacial score (nSPS) is 14.5. The van der Waals surface area contributed by atoms with Crippen LogP contribution in [-0.2, 0) is 5.54 Å². The molecule has 0 fully saturated rings. The van der Waals surface area contributed by atoms with Crippen LogP contribution in [0.2, 0.25) is 0 Å². The molecule has 0 aliphatic carbocycles. The number of para-hydroxylation sites is 2. The summed E-state index contributed by atoms with van der Waals surface area (Å²) in [6, 6.07) is 40.8. The van der Waals surface area contributed by atoms with Gasteiger partial charge in [0.25, 0.3) is 0 Å². The predicted octanol–water partition coefficient (Wildman–Crippen LogP) is 6.95. The van der Waals surface area contributed by atoms with Gasteiger partial charge >= 0.3 is 0 Å². The Balaban J connectivity index is 1.78. The number of hydrogen-bond donors (Lipinski definition) is 1. The Bertz CT molecular complexity index is 1330. The monoisotopic (exact) mass is 398 g/mol. The number of aromatic nitrogens is 1. The number of benzene rings is 4. The van der Waals surface area contributed by atoms with Crippen molar-refractivity contribution in [3.8, 4) is 0 Å². The van der Waals surface area contributed by atoms with E-state index in [1.165, 1.54) is 27.8 Å². The van der Waals surface area contributed by atoms with Crippen molar-refractivity contribution in [3.05, 3.63) is 144 Å². The Morgan fingerprint density at radius 2 is 1.13 bits per heavy atom. The predicted molar refractivity (Wildman–Crippen MR) is 129 cm³/mol. The molecule has 2 heteroatoms. The van der Waals surface area contributed by atoms with Crippen LogP contribution in [0, 0.1) is 0 Å². The van der Waals surface area contributed by atoms with E-state index < -0.39 is 5.54 Å². The number of anilines is 1. The van der Waals surface area contributed by atoms with Crippen LogP contribution in [-0.4, -0.2) is 4.98 Å². The van der Waals surface area contributed by atoms with Crippen LogP contribution in [0.3, 0.4) is 0 Å². The molecule has 1 N–H and O–H groups in total. The lowest BCUT2D eigenvalue weighted by molar-refractivity contribution is 0.600. The van der Waals surface area contributed by atoms with Gasteiger partial charge in [-0.25, -0.2) is 0 Å². The van der Waals surface area contributed by atoms with Crippen molar-refractivity contribution in [2.45, 2.75) is 5.54 Å². The molecular weight excluding hydrogens is 376 g/mol. The van der Waals surface area contributed by atoms with E-state index >= 15 is 0 Å². The molecule has 0 radical (unpaired) electrons. The van der Waals surface area contributed by atoms with E-state index in [9.17, 15) is 0 Å². The highest BCUT2D eigenvalue weighted by atomic mass is 15.2. The smallest absolute Gasteiger partial charge is 0.136 e. The molecule has 2 heterocycles. The average molecular weight is 399 g/mol. The molecule has 1 aliphatic heterocycles. The fourth-order valence-electron chi connectivity index (χ4n) is 4.96. The molecule has 0 amide bonds. The van der Waals surface area contributed by atoms with Crippen LogP contribution >= 0.6 is 0 Å². The van der Waals surface area contributed by atoms with Crippen LogP contribution in [0.4, 0.5) is 5.69 Å². The quantitative estimate of drug-likeness (QED) is 0.348. The van der Waals surface area contributed by atoms with Gasteiger partial charge in [-0.1, -0.05) is 97.1 Å². The maximum absolute atomic E-state index is 3.81. The van der Waals surface area contributed by atoms with Crippen molar-refractivity contribution in [2.75, 3.05) is 4.90 Å². The fraction of sp³-hybridized carbons (Fsp3) is 0.0345. The summed E-state index contributed by atoms with van der Waals surface area (Å²) in [5, 5.41) is 1.25. The minimum atomic E-state index is -0.521. The second-order valence-electron chi connectivity index (χ2n) is 7.92. The summed E-state index contributed by atoms with van der Waals surface area (Å²) in [6.45, 7) is 0. The van der Waals surface area contributed by atoms with Gasteiger partial charge in [-0.05, 0) is 35.4 Å². The Morgan fingerprint density at radius 3 is 1.77 bits per heavy atom. The third-order valence-electron chi connectivity index (χ3n) is 6.28. The molecule has 0 saturated heterocycles. The van der Waals surface area contributed by atoms with Gasteiger partial charge in [0.15, 0.2) is 0 Å². The van der Waals surface area contributed by atoms with Gasteiger partial charge in [0.05, 0.1) is 5.69 Å². The van der Waals surface area contributed by atoms with E-state index in [0.717, 1.165) is 11.2 Å². The number of rotatable bonds is 3. The topological polar surface area (TPSA) is 19.0 Å². The molecule has 4 aromatic carbocycles. The standard InChI is InChI=1S/C29H22N2/c1-4-12-22(13-5-1)29(23-14-6-2-7-15-23)28-26(25-18-10-11-19-27(25)30-28)20-21-31(29)24-16-8-3-9-17-24/h1-21,30H. The molecule has 0 spiro atoms. The van der Waals surface area contributed by atoms with Gasteiger partial charge in [0.1, 0.15) is 5.54 Å². The van der Waals surface area contributed by atoms with Gasteiger partial charge in [0.2, 0.25) is 0 Å². The first kappa shape index (κ1) is 17.8. The number of fused-ring (bicyclic) bond motifs is 3. The molecule has 1 aliphatic rings. The van der Waals surface area contributed by atoms with Crippen LogP contribution in [0.1, 0.15) is 22.4 Å². The molecule has 0 unspecified atom stereocenters. The second-order valence-corrected chi connectivity index (χ2v) is 7.92. The number of hydrogen-bond acceptors (Lipinski definition) is 1. The number of H-pyrrole nitrogens is 1. The van der Waals surface area contributed by atoms with Crippen molar-refractivity contribution in [1.82, 2.24) is 4.98 Å². The summed E-state index contributed by atoms with van der Waals surface area (Å²) < 4.78 is 0. The lowest BCUT2D eigenvalue weighted by Crippen LogP contribution is -2.47. The molecular formula is C29H22N2. The zero-order valence-corrected chi connectivity index (χ0v) is 17.1. The summed E-state index contributed by atoms with van der Waals surface area (Å²) in [6.07, 6.45) is 4.48. The molecule has 5 aromatic rings. The van der Waals surface area contributed by atoms with Crippen LogP contribution < -0.4 is 4.90 Å². The zero-order chi connectivity index (χ0) is 20.7. The van der Waals surface area contributed by atoms with Crippen molar-refractivity contribution >= 4 is 22.7 Å². The summed E-state index contributed by atoms with van der Waals surface area (Å²) in [5.41, 5.74) is 6.67. The van der Waals surface area contributed by atoms with Gasteiger partial charge in [0, 0.05) is 28.4 Å². The van der Waals surface area contributed by atoms with E-state index in [1.54, 1.807) is 0 Å². The molecule has 31 heavy (non-hydrogen) atoms. The zero-order valence-electron chi connectivity index (χ0n) is 17.1. The molecule has 0 saturated carbocycles. The Kier molecular flexibility index (Phi) is 4.03. The maximum atomic E-state index is 3.81. The third-order valence-corrected chi connectivity index (χ3v) is 6.28. The van der Waals surface area contributed by atoms with Gasteiger partial charge < -0.3 is 9.88 Å². The summed E-state index contributed by atoms with van der Waals surface area (Å²) in [4.78, 5) is 6.21. The molecule has 0 atom stereocenters. The first-order chi connectivity index (χ1) is 15.4. The number of nitrogens with one attached hydrogen (secondary N) is 1. The number of nitrogens with zero attached hydrogens (tertiary/aromatic N) is 1. The first-order valence-electron chi connectivity index (χ1n) is 10.6. The van der Waals surface area contributed by atoms with Crippen LogP contribution in [0.25, 0.3) is 17.0 Å². The third kappa shape index (κ3) is 2.58. The molecule has 6 rings (SSSR count). The van der Waals surface area contributed by atoms with E-state index in [4.69, 9.17) is 0 Å². The van der Waals surface area contributed by atoms with Gasteiger partial charge in [-0.15, -0.1) is 0 Å². The molecule has 1 aromatic heterocycles. The molecule has 2 nitrogen and oxygen atoms in total. The van der Waals surface area contributed by atoms with E-state index in [-0.39, 0.29) is 0 Å². The fourth-order valence-corrected chi connectivity index (χ4v) is 4.96. The molecule has 0 bridgehead atoms. The summed E-state index contributed by atoms with van der Waals surface area (Å²) >= 11 is 0. The van der Waals surface area contributed by atoms with Crippen molar-refractivity contribution in [1.29, 1.82) is 0 Å². The highest BCUT2D eigenvalue weighted by Gasteiger charge is 2.46. The Hall–Kier alpha value is -4.04. The second kappa shape index (κ2) is 7.03. The number of aromatic amines is 1. The minimum absolute atomic E-state index is 0.521. The average Bonchev–Trinajstić information content (AvgIpc) is 3.24. The van der Waals surface area contributed by atoms with Gasteiger partial charge in [-0.2, -0.15) is 0 Å². The molecule has 148 valence electrons. The van der Waals surface area contributed by atoms with E-state index in [0.29, 0.717) is 0 Å². The summed E-state index contributed by atoms with van der Waals surface area (Å²) in [7, 11) is 0. The van der Waals surface area contributed by atoms with Crippen LogP contribution in [0.5, 0.6) is 0 Å². The van der Waals surface area contributed by atoms with Gasteiger partial charge in [-0.3, -0.25) is 0 Å². The van der Waals surface area contributed by atoms with Crippen molar-refractivity contribution in [3.63, 3.8) is 0 Å². The lowest BCUT2D eigenvalue weighted by atomic mass is 9.75. The lowest BCUT2D eigenvalue weighted by Gasteiger charge is -2.46. The largest absolute Gasteiger partial charge is 0.355 e. The van der Waals surface area contributed by atoms with Crippen molar-refractivity contribution < 1.29 is 0 Å². The van der Waals surface area contributed by atoms with Crippen molar-refractivity contribution in [2.24, 2.45) is 0 Å². The van der Waals surface area contributed by atoms with Crippen LogP contribution in [0.15, 0.2) is 121 Å². The highest BCUT2D eigenvalue weighted by molar-refractivity contribution is 5.94. The van der Waals surface area contributed by atoms with E-state index in [1.807, 2.05) is 0 Å². The Morgan fingerprint density at radius 1 is 0.581 bits per heavy atom. The maximum Gasteiger partial charge on any atom is 0.136 e. The SMILES string of the molecule is C1=CN(c2ccccc2)C(c2ccccc2)(c2ccccc2)c2[nH]c3ccccc3c21. The van der Waals surface area contributed by atoms with E-state index in [2.05, 4.69) is 137 Å². The first-order valence-corrected chi connectivity index (χ1v) is 10.6. The summed E-state index contributed by atoms with van der Waals surface area (Å²) in [5.74, 6) is 0. The minimum Gasteiger partial charge on any atom is -0.355 e.